The smallest absolute Gasteiger partial charge is 0.422 e. The quantitative estimate of drug-likeness (QED) is 0.271. The van der Waals surface area contributed by atoms with Gasteiger partial charge in [0, 0.05) is 28.2 Å². The second-order valence-corrected chi connectivity index (χ2v) is 8.82. The molecule has 0 spiro atoms. The minimum absolute atomic E-state index is 0.0604. The molecule has 0 radical (unpaired) electrons. The standard InChI is InChI=1S/C29H18BN3O/c1-4-12-23-19(9-1)20-10-2-5-13-24(20)32-25-14-6-7-15-26(25)33(30(23)32)29-28-22(17-18-31-29)21-11-3-8-16-27(21)34-28/h1-18H. The zero-order valence-corrected chi connectivity index (χ0v) is 18.2. The number of pyridine rings is 1. The summed E-state index contributed by atoms with van der Waals surface area (Å²) < 4.78 is 6.43. The van der Waals surface area contributed by atoms with Crippen LogP contribution in [-0.2, 0) is 0 Å². The van der Waals surface area contributed by atoms with Gasteiger partial charge in [0.05, 0.1) is 11.4 Å². The minimum Gasteiger partial charge on any atom is -0.452 e. The first kappa shape index (κ1) is 18.0. The fourth-order valence-corrected chi connectivity index (χ4v) is 5.71. The normalized spacial score (nSPS) is 13.7. The van der Waals surface area contributed by atoms with Crippen molar-refractivity contribution < 1.29 is 4.42 Å². The second-order valence-electron chi connectivity index (χ2n) is 8.82. The van der Waals surface area contributed by atoms with Crippen molar-refractivity contribution in [2.45, 2.75) is 0 Å². The maximum atomic E-state index is 6.43. The molecule has 6 aromatic rings. The third-order valence-electron chi connectivity index (χ3n) is 7.09. The molecule has 2 aliphatic rings. The van der Waals surface area contributed by atoms with Gasteiger partial charge < -0.3 is 14.0 Å². The summed E-state index contributed by atoms with van der Waals surface area (Å²) in [5, 5.41) is 2.20. The molecule has 0 saturated carbocycles. The molecule has 34 heavy (non-hydrogen) atoms. The highest BCUT2D eigenvalue weighted by Gasteiger charge is 2.48. The zero-order valence-electron chi connectivity index (χ0n) is 18.2. The van der Waals surface area contributed by atoms with Crippen LogP contribution in [0, 0.1) is 0 Å². The third-order valence-corrected chi connectivity index (χ3v) is 7.09. The summed E-state index contributed by atoms with van der Waals surface area (Å²) in [7, 11) is 0. The molecule has 0 N–H and O–H groups in total. The van der Waals surface area contributed by atoms with Crippen molar-refractivity contribution in [3.8, 4) is 11.1 Å². The summed E-state index contributed by atoms with van der Waals surface area (Å²) in [6, 6.07) is 36.2. The van der Waals surface area contributed by atoms with Gasteiger partial charge in [0.2, 0.25) is 0 Å². The summed E-state index contributed by atoms with van der Waals surface area (Å²) in [6.45, 7) is -0.0604. The van der Waals surface area contributed by atoms with Crippen molar-refractivity contribution in [3.63, 3.8) is 0 Å². The fourth-order valence-electron chi connectivity index (χ4n) is 5.71. The maximum Gasteiger partial charge on any atom is 0.422 e. The van der Waals surface area contributed by atoms with Gasteiger partial charge in [-0.3, -0.25) is 0 Å². The lowest BCUT2D eigenvalue weighted by molar-refractivity contribution is 0.667. The van der Waals surface area contributed by atoms with Crippen LogP contribution in [0.4, 0.5) is 22.9 Å². The fraction of sp³-hybridized carbons (Fsp3) is 0. The lowest BCUT2D eigenvalue weighted by atomic mass is 9.59. The van der Waals surface area contributed by atoms with Gasteiger partial charge in [0.25, 0.3) is 0 Å². The number of benzene rings is 4. The number of hydrogen-bond donors (Lipinski definition) is 0. The molecule has 0 amide bonds. The lowest BCUT2D eigenvalue weighted by Gasteiger charge is -2.35. The van der Waals surface area contributed by atoms with Crippen LogP contribution in [0.2, 0.25) is 0 Å². The highest BCUT2D eigenvalue weighted by Crippen LogP contribution is 2.51. The number of fused-ring (bicyclic) bond motifs is 11. The number of nitrogens with zero attached hydrogens (tertiary/aromatic N) is 3. The van der Waals surface area contributed by atoms with Crippen LogP contribution in [-0.4, -0.2) is 12.0 Å². The maximum absolute atomic E-state index is 6.43. The monoisotopic (exact) mass is 435 g/mol. The second kappa shape index (κ2) is 6.52. The number of hydrogen-bond acceptors (Lipinski definition) is 4. The molecule has 0 aliphatic carbocycles. The van der Waals surface area contributed by atoms with E-state index in [9.17, 15) is 0 Å². The van der Waals surface area contributed by atoms with E-state index in [0.717, 1.165) is 33.4 Å². The van der Waals surface area contributed by atoms with Gasteiger partial charge in [-0.05, 0) is 41.4 Å². The van der Waals surface area contributed by atoms with Crippen molar-refractivity contribution >= 4 is 57.3 Å². The van der Waals surface area contributed by atoms with Crippen LogP contribution in [0.3, 0.4) is 0 Å². The molecule has 0 atom stereocenters. The van der Waals surface area contributed by atoms with E-state index in [2.05, 4.69) is 101 Å². The molecule has 4 aromatic carbocycles. The van der Waals surface area contributed by atoms with Crippen molar-refractivity contribution in [2.24, 2.45) is 0 Å². The Balaban J connectivity index is 1.47. The van der Waals surface area contributed by atoms with Gasteiger partial charge in [-0.25, -0.2) is 4.98 Å². The first-order valence-corrected chi connectivity index (χ1v) is 11.5. The van der Waals surface area contributed by atoms with E-state index < -0.39 is 0 Å². The summed E-state index contributed by atoms with van der Waals surface area (Å²) in [5.41, 5.74) is 8.96. The highest BCUT2D eigenvalue weighted by molar-refractivity contribution is 6.86. The minimum atomic E-state index is -0.0604. The Hall–Kier alpha value is -4.51. The van der Waals surface area contributed by atoms with E-state index in [-0.39, 0.29) is 6.98 Å². The van der Waals surface area contributed by atoms with Crippen molar-refractivity contribution in [2.75, 3.05) is 9.62 Å². The molecule has 0 saturated heterocycles. The van der Waals surface area contributed by atoms with E-state index in [1.807, 2.05) is 18.3 Å². The molecule has 158 valence electrons. The molecular weight excluding hydrogens is 417 g/mol. The molecule has 4 nitrogen and oxygen atoms in total. The van der Waals surface area contributed by atoms with Gasteiger partial charge >= 0.3 is 6.98 Å². The number of rotatable bonds is 1. The van der Waals surface area contributed by atoms with E-state index >= 15 is 0 Å². The molecule has 4 heterocycles. The Morgan fingerprint density at radius 3 is 2.15 bits per heavy atom. The van der Waals surface area contributed by atoms with Crippen LogP contribution >= 0.6 is 0 Å². The molecule has 0 unspecified atom stereocenters. The topological polar surface area (TPSA) is 32.5 Å². The summed E-state index contributed by atoms with van der Waals surface area (Å²) in [5.74, 6) is 0.836. The largest absolute Gasteiger partial charge is 0.452 e. The Morgan fingerprint density at radius 2 is 1.26 bits per heavy atom. The number of anilines is 4. The predicted molar refractivity (Wildman–Crippen MR) is 140 cm³/mol. The average molecular weight is 435 g/mol. The molecular formula is C29H18BN3O. The summed E-state index contributed by atoms with van der Waals surface area (Å²) in [6.07, 6.45) is 1.90. The number of furan rings is 1. The predicted octanol–water partition coefficient (Wildman–Crippen LogP) is 6.65. The van der Waals surface area contributed by atoms with Crippen molar-refractivity contribution in [1.29, 1.82) is 0 Å². The van der Waals surface area contributed by atoms with Crippen LogP contribution in [0.5, 0.6) is 0 Å². The molecule has 0 bridgehead atoms. The number of para-hydroxylation sites is 4. The van der Waals surface area contributed by atoms with Crippen LogP contribution in [0.1, 0.15) is 0 Å². The first-order valence-electron chi connectivity index (χ1n) is 11.5. The van der Waals surface area contributed by atoms with E-state index in [1.54, 1.807) is 0 Å². The third kappa shape index (κ3) is 2.21. The summed E-state index contributed by atoms with van der Waals surface area (Å²) in [4.78, 5) is 9.69. The Labute approximate surface area is 196 Å². The molecule has 0 fully saturated rings. The molecule has 2 aliphatic heterocycles. The van der Waals surface area contributed by atoms with E-state index in [1.165, 1.54) is 28.0 Å². The lowest BCUT2D eigenvalue weighted by Crippen LogP contribution is -2.55. The summed E-state index contributed by atoms with van der Waals surface area (Å²) >= 11 is 0. The Bertz CT molecular complexity index is 1760. The van der Waals surface area contributed by atoms with Gasteiger partial charge in [-0.15, -0.1) is 0 Å². The van der Waals surface area contributed by atoms with Gasteiger partial charge in [-0.2, -0.15) is 0 Å². The highest BCUT2D eigenvalue weighted by atomic mass is 16.3. The van der Waals surface area contributed by atoms with Gasteiger partial charge in [-0.1, -0.05) is 72.8 Å². The number of aromatic nitrogens is 1. The van der Waals surface area contributed by atoms with Crippen molar-refractivity contribution in [1.82, 2.24) is 4.98 Å². The SMILES string of the molecule is c1ccc2c(c1)B1N(c3ccccc3-2)c2ccccc2N1c1nccc2c1oc1ccccc12. The Morgan fingerprint density at radius 1 is 0.588 bits per heavy atom. The Kier molecular flexibility index (Phi) is 3.45. The zero-order chi connectivity index (χ0) is 22.2. The van der Waals surface area contributed by atoms with Crippen LogP contribution < -0.4 is 15.1 Å². The van der Waals surface area contributed by atoms with Crippen LogP contribution in [0.15, 0.2) is 114 Å². The van der Waals surface area contributed by atoms with Gasteiger partial charge in [0.15, 0.2) is 11.4 Å². The molecule has 8 rings (SSSR count). The van der Waals surface area contributed by atoms with E-state index in [0.29, 0.717) is 0 Å². The average Bonchev–Trinajstić information content (AvgIpc) is 3.45. The first-order chi connectivity index (χ1) is 16.9. The van der Waals surface area contributed by atoms with E-state index in [4.69, 9.17) is 9.40 Å². The molecule has 2 aromatic heterocycles. The van der Waals surface area contributed by atoms with Gasteiger partial charge in [0.1, 0.15) is 5.58 Å². The van der Waals surface area contributed by atoms with Crippen LogP contribution in [0.25, 0.3) is 33.1 Å². The molecule has 5 heteroatoms. The van der Waals surface area contributed by atoms with Crippen molar-refractivity contribution in [3.05, 3.63) is 109 Å².